The number of amides is 1. The van der Waals surface area contributed by atoms with E-state index >= 15 is 0 Å². The molecule has 0 saturated carbocycles. The maximum Gasteiger partial charge on any atom is 0.273 e. The van der Waals surface area contributed by atoms with Gasteiger partial charge in [-0.2, -0.15) is 0 Å². The van der Waals surface area contributed by atoms with Crippen LogP contribution in [-0.2, 0) is 22.3 Å². The Kier molecular flexibility index (Phi) is 5.96. The summed E-state index contributed by atoms with van der Waals surface area (Å²) in [5.74, 6) is 0.390. The Labute approximate surface area is 163 Å². The maximum atomic E-state index is 12.2. The van der Waals surface area contributed by atoms with Crippen molar-refractivity contribution in [3.05, 3.63) is 65.5 Å². The molecule has 0 fully saturated rings. The van der Waals surface area contributed by atoms with Crippen LogP contribution in [0.4, 0.5) is 0 Å². The van der Waals surface area contributed by atoms with E-state index in [-0.39, 0.29) is 29.9 Å². The number of sulfonamides is 1. The lowest BCUT2D eigenvalue weighted by atomic mass is 10.1. The number of hydrogen-bond acceptors (Lipinski definition) is 6. The highest BCUT2D eigenvalue weighted by Gasteiger charge is 2.15. The summed E-state index contributed by atoms with van der Waals surface area (Å²) < 4.78 is 36.8. The van der Waals surface area contributed by atoms with Crippen LogP contribution >= 0.6 is 0 Å². The number of hydrogen-bond donors (Lipinski definition) is 2. The van der Waals surface area contributed by atoms with Crippen molar-refractivity contribution in [3.63, 3.8) is 0 Å². The first-order valence-corrected chi connectivity index (χ1v) is 10.3. The van der Waals surface area contributed by atoms with Gasteiger partial charge in [0, 0.05) is 18.7 Å². The third kappa shape index (κ3) is 5.30. The normalized spacial score (nSPS) is 11.7. The summed E-state index contributed by atoms with van der Waals surface area (Å²) in [5.41, 5.74) is 1.65. The summed E-state index contributed by atoms with van der Waals surface area (Å²) in [4.78, 5) is 12.2. The predicted molar refractivity (Wildman–Crippen MR) is 103 cm³/mol. The van der Waals surface area contributed by atoms with Crippen LogP contribution < -0.4 is 10.0 Å². The highest BCUT2D eigenvalue weighted by molar-refractivity contribution is 7.88. The van der Waals surface area contributed by atoms with Crippen molar-refractivity contribution in [1.29, 1.82) is 0 Å². The summed E-state index contributed by atoms with van der Waals surface area (Å²) in [6.45, 7) is 3.82. The highest BCUT2D eigenvalue weighted by atomic mass is 32.2. The molecule has 1 aromatic carbocycles. The lowest BCUT2D eigenvalue weighted by Crippen LogP contribution is -2.31. The first kappa shape index (κ1) is 19.8. The van der Waals surface area contributed by atoms with Crippen LogP contribution in [0.15, 0.2) is 57.7 Å². The molecular weight excluding hydrogens is 382 g/mol. The number of carbonyl (C=O) groups is 1. The summed E-state index contributed by atoms with van der Waals surface area (Å²) >= 11 is 0. The van der Waals surface area contributed by atoms with Crippen LogP contribution in [0, 0.1) is 0 Å². The van der Waals surface area contributed by atoms with Crippen molar-refractivity contribution in [2.24, 2.45) is 0 Å². The van der Waals surface area contributed by atoms with E-state index in [0.717, 1.165) is 5.56 Å². The van der Waals surface area contributed by atoms with E-state index in [9.17, 15) is 13.2 Å². The van der Waals surface area contributed by atoms with Crippen molar-refractivity contribution < 1.29 is 22.2 Å². The van der Waals surface area contributed by atoms with Crippen LogP contribution in [0.3, 0.4) is 0 Å². The van der Waals surface area contributed by atoms with Gasteiger partial charge in [-0.1, -0.05) is 29.4 Å². The molecule has 0 saturated heterocycles. The largest absolute Gasteiger partial charge is 0.461 e. The van der Waals surface area contributed by atoms with Crippen LogP contribution in [0.2, 0.25) is 0 Å². The molecule has 28 heavy (non-hydrogen) atoms. The molecule has 0 bridgehead atoms. The molecule has 2 aromatic heterocycles. The fraction of sp³-hybridized carbons (Fsp3) is 0.263. The zero-order valence-electron chi connectivity index (χ0n) is 15.5. The number of nitrogens with zero attached hydrogens (tertiary/aromatic N) is 1. The van der Waals surface area contributed by atoms with Gasteiger partial charge < -0.3 is 14.3 Å². The van der Waals surface area contributed by atoms with E-state index in [1.807, 2.05) is 0 Å². The van der Waals surface area contributed by atoms with Gasteiger partial charge in [0.05, 0.1) is 12.0 Å². The van der Waals surface area contributed by atoms with Crippen LogP contribution in [0.1, 0.15) is 35.5 Å². The second-order valence-corrected chi connectivity index (χ2v) is 8.34. The molecule has 0 aliphatic heterocycles. The van der Waals surface area contributed by atoms with Gasteiger partial charge in [-0.05, 0) is 37.1 Å². The topological polar surface area (TPSA) is 114 Å². The van der Waals surface area contributed by atoms with E-state index in [1.165, 1.54) is 12.3 Å². The van der Waals surface area contributed by atoms with Crippen LogP contribution in [0.5, 0.6) is 0 Å². The highest BCUT2D eigenvalue weighted by Crippen LogP contribution is 2.20. The molecule has 2 heterocycles. The number of rotatable bonds is 8. The first-order valence-electron chi connectivity index (χ1n) is 8.69. The third-order valence-corrected chi connectivity index (χ3v) is 5.30. The molecule has 3 aromatic rings. The molecule has 0 unspecified atom stereocenters. The van der Waals surface area contributed by atoms with Crippen molar-refractivity contribution in [1.82, 2.24) is 15.2 Å². The number of nitrogens with one attached hydrogen (secondary N) is 2. The van der Waals surface area contributed by atoms with Gasteiger partial charge in [0.1, 0.15) is 0 Å². The molecule has 1 amide bonds. The van der Waals surface area contributed by atoms with Gasteiger partial charge in [0.25, 0.3) is 5.91 Å². The number of aromatic nitrogens is 1. The molecule has 148 valence electrons. The Morgan fingerprint density at radius 2 is 1.82 bits per heavy atom. The quantitative estimate of drug-likeness (QED) is 0.598. The van der Waals surface area contributed by atoms with Gasteiger partial charge in [-0.15, -0.1) is 0 Å². The van der Waals surface area contributed by atoms with E-state index < -0.39 is 10.0 Å². The summed E-state index contributed by atoms with van der Waals surface area (Å²) in [6.07, 6.45) is 1.51. The average molecular weight is 403 g/mol. The SMILES string of the molecule is CC(C)NS(=O)(=O)Cc1ccc(CNC(=O)c2cc(-c3ccco3)on2)cc1. The fourth-order valence-electron chi connectivity index (χ4n) is 2.56. The summed E-state index contributed by atoms with van der Waals surface area (Å²) in [7, 11) is -3.37. The zero-order chi connectivity index (χ0) is 20.1. The molecule has 0 aliphatic rings. The number of carbonyl (C=O) groups excluding carboxylic acids is 1. The molecule has 2 N–H and O–H groups in total. The van der Waals surface area contributed by atoms with Gasteiger partial charge in [0.2, 0.25) is 15.8 Å². The predicted octanol–water partition coefficient (Wildman–Crippen LogP) is 2.69. The molecule has 9 heteroatoms. The minimum absolute atomic E-state index is 0.0910. The van der Waals surface area contributed by atoms with Gasteiger partial charge in [0.15, 0.2) is 11.5 Å². The van der Waals surface area contributed by atoms with Crippen LogP contribution in [-0.4, -0.2) is 25.5 Å². The Hall–Kier alpha value is -2.91. The second kappa shape index (κ2) is 8.41. The minimum Gasteiger partial charge on any atom is -0.461 e. The molecule has 0 spiro atoms. The van der Waals surface area contributed by atoms with E-state index in [4.69, 9.17) is 8.94 Å². The summed E-state index contributed by atoms with van der Waals surface area (Å²) in [5, 5.41) is 6.49. The first-order chi connectivity index (χ1) is 13.3. The average Bonchev–Trinajstić information content (AvgIpc) is 3.30. The molecular formula is C19H21N3O5S. The molecule has 0 aliphatic carbocycles. The number of benzene rings is 1. The minimum atomic E-state index is -3.37. The second-order valence-electron chi connectivity index (χ2n) is 6.58. The zero-order valence-corrected chi connectivity index (χ0v) is 16.3. The maximum absolute atomic E-state index is 12.2. The summed E-state index contributed by atoms with van der Waals surface area (Å²) in [6, 6.07) is 11.8. The van der Waals surface area contributed by atoms with Crippen molar-refractivity contribution in [2.75, 3.05) is 0 Å². The van der Waals surface area contributed by atoms with E-state index in [2.05, 4.69) is 15.2 Å². The third-order valence-electron chi connectivity index (χ3n) is 3.75. The standard InChI is InChI=1S/C19H21N3O5S/c1-13(2)22-28(24,25)12-15-7-5-14(6-8-15)11-20-19(23)16-10-18(27-21-16)17-4-3-9-26-17/h3-10,13,22H,11-12H2,1-2H3,(H,20,23). The monoisotopic (exact) mass is 403 g/mol. The Morgan fingerprint density at radius 1 is 1.11 bits per heavy atom. The Morgan fingerprint density at radius 3 is 2.46 bits per heavy atom. The number of furan rings is 1. The van der Waals surface area contributed by atoms with Gasteiger partial charge >= 0.3 is 0 Å². The molecule has 0 atom stereocenters. The fourth-order valence-corrected chi connectivity index (χ4v) is 4.00. The van der Waals surface area contributed by atoms with Crippen molar-refractivity contribution in [2.45, 2.75) is 32.2 Å². The molecule has 8 nitrogen and oxygen atoms in total. The molecule has 0 radical (unpaired) electrons. The Balaban J connectivity index is 1.55. The van der Waals surface area contributed by atoms with Crippen LogP contribution in [0.25, 0.3) is 11.5 Å². The lowest BCUT2D eigenvalue weighted by molar-refractivity contribution is 0.0942. The molecule has 3 rings (SSSR count). The van der Waals surface area contributed by atoms with Gasteiger partial charge in [-0.25, -0.2) is 13.1 Å². The van der Waals surface area contributed by atoms with Gasteiger partial charge in [-0.3, -0.25) is 4.79 Å². The van der Waals surface area contributed by atoms with E-state index in [0.29, 0.717) is 17.1 Å². The smallest absolute Gasteiger partial charge is 0.273 e. The van der Waals surface area contributed by atoms with E-state index in [1.54, 1.807) is 50.2 Å². The van der Waals surface area contributed by atoms with Crippen molar-refractivity contribution >= 4 is 15.9 Å². The Bertz CT molecular complexity index is 1020. The lowest BCUT2D eigenvalue weighted by Gasteiger charge is -2.10. The van der Waals surface area contributed by atoms with Crippen molar-refractivity contribution in [3.8, 4) is 11.5 Å².